The van der Waals surface area contributed by atoms with Gasteiger partial charge in [-0.2, -0.15) is 0 Å². The molecular weight excluding hydrogens is 298 g/mol. The molecule has 8 heteroatoms. The minimum Gasteiger partial charge on any atom is -0.451 e. The Labute approximate surface area is 133 Å². The fourth-order valence-electron chi connectivity index (χ4n) is 2.06. The lowest BCUT2D eigenvalue weighted by molar-refractivity contribution is -0.158. The number of hydrogen-bond acceptors (Lipinski definition) is 6. The number of rotatable bonds is 7. The van der Waals surface area contributed by atoms with Crippen molar-refractivity contribution in [2.45, 2.75) is 32.4 Å². The van der Waals surface area contributed by atoms with Gasteiger partial charge in [-0.15, -0.1) is 5.10 Å². The van der Waals surface area contributed by atoms with Crippen molar-refractivity contribution in [1.29, 1.82) is 0 Å². The number of aromatic nitrogens is 4. The van der Waals surface area contributed by atoms with E-state index in [1.165, 1.54) is 17.9 Å². The van der Waals surface area contributed by atoms with Crippen LogP contribution in [0.1, 0.15) is 25.5 Å². The molecule has 1 amide bonds. The molecule has 1 aromatic heterocycles. The third-order valence-electron chi connectivity index (χ3n) is 3.24. The van der Waals surface area contributed by atoms with Gasteiger partial charge in [0.1, 0.15) is 6.33 Å². The van der Waals surface area contributed by atoms with Crippen LogP contribution in [0.4, 0.5) is 0 Å². The molecule has 0 aliphatic rings. The van der Waals surface area contributed by atoms with Crippen molar-refractivity contribution in [2.75, 3.05) is 6.54 Å². The summed E-state index contributed by atoms with van der Waals surface area (Å²) >= 11 is 0. The fourth-order valence-corrected chi connectivity index (χ4v) is 2.06. The van der Waals surface area contributed by atoms with Crippen molar-refractivity contribution < 1.29 is 14.3 Å². The summed E-state index contributed by atoms with van der Waals surface area (Å²) in [5, 5.41) is 13.5. The number of nitrogens with one attached hydrogen (secondary N) is 1. The summed E-state index contributed by atoms with van der Waals surface area (Å²) in [7, 11) is 0. The third kappa shape index (κ3) is 4.60. The maximum absolute atomic E-state index is 12.4. The summed E-state index contributed by atoms with van der Waals surface area (Å²) in [5.74, 6) is -0.893. The topological polar surface area (TPSA) is 99.0 Å². The predicted molar refractivity (Wildman–Crippen MR) is 81.2 cm³/mol. The molecule has 1 N–H and O–H groups in total. The van der Waals surface area contributed by atoms with Gasteiger partial charge in [0.2, 0.25) is 0 Å². The van der Waals surface area contributed by atoms with Gasteiger partial charge in [-0.05, 0) is 29.8 Å². The van der Waals surface area contributed by atoms with Gasteiger partial charge in [-0.25, -0.2) is 9.48 Å². The van der Waals surface area contributed by atoms with Crippen LogP contribution in [0.3, 0.4) is 0 Å². The summed E-state index contributed by atoms with van der Waals surface area (Å²) in [6.45, 7) is 3.80. The molecule has 1 heterocycles. The minimum absolute atomic E-state index is 0.337. The quantitative estimate of drug-likeness (QED) is 0.748. The molecule has 0 saturated carbocycles. The number of benzene rings is 1. The second-order valence-corrected chi connectivity index (χ2v) is 4.97. The molecule has 0 spiro atoms. The summed E-state index contributed by atoms with van der Waals surface area (Å²) in [6, 6.07) is 8.73. The van der Waals surface area contributed by atoms with Crippen LogP contribution in [-0.2, 0) is 20.7 Å². The lowest BCUT2D eigenvalue weighted by Crippen LogP contribution is -2.37. The van der Waals surface area contributed by atoms with Crippen LogP contribution in [0.5, 0.6) is 0 Å². The monoisotopic (exact) mass is 317 g/mol. The van der Waals surface area contributed by atoms with E-state index in [1.807, 2.05) is 30.3 Å². The average molecular weight is 317 g/mol. The Kier molecular flexibility index (Phi) is 5.79. The van der Waals surface area contributed by atoms with Crippen LogP contribution in [0.15, 0.2) is 36.7 Å². The Morgan fingerprint density at radius 3 is 2.65 bits per heavy atom. The van der Waals surface area contributed by atoms with Crippen molar-refractivity contribution >= 4 is 11.9 Å². The van der Waals surface area contributed by atoms with Crippen molar-refractivity contribution in [3.05, 3.63) is 42.2 Å². The maximum atomic E-state index is 12.4. The highest BCUT2D eigenvalue weighted by Gasteiger charge is 2.27. The Morgan fingerprint density at radius 1 is 1.30 bits per heavy atom. The van der Waals surface area contributed by atoms with Gasteiger partial charge >= 0.3 is 5.97 Å². The second-order valence-electron chi connectivity index (χ2n) is 4.97. The van der Waals surface area contributed by atoms with Crippen LogP contribution >= 0.6 is 0 Å². The summed E-state index contributed by atoms with van der Waals surface area (Å²) in [4.78, 5) is 24.2. The van der Waals surface area contributed by atoms with Gasteiger partial charge in [0.15, 0.2) is 12.1 Å². The Morgan fingerprint density at radius 2 is 2.04 bits per heavy atom. The van der Waals surface area contributed by atoms with E-state index in [9.17, 15) is 9.59 Å². The standard InChI is InChI=1S/C15H19N5O3/c1-3-16-14(21)11(2)23-15(22)13(20-10-17-18-19-20)9-12-7-5-4-6-8-12/h4-8,10-11,13H,3,9H2,1-2H3,(H,16,21)/t11-,13+/m0/s1. The fraction of sp³-hybridized carbons (Fsp3) is 0.400. The molecule has 2 rings (SSSR count). The van der Waals surface area contributed by atoms with Crippen molar-refractivity contribution in [3.63, 3.8) is 0 Å². The molecule has 0 saturated heterocycles. The largest absolute Gasteiger partial charge is 0.451 e. The average Bonchev–Trinajstić information content (AvgIpc) is 3.07. The van der Waals surface area contributed by atoms with E-state index in [0.717, 1.165) is 5.56 Å². The van der Waals surface area contributed by atoms with Gasteiger partial charge < -0.3 is 10.1 Å². The van der Waals surface area contributed by atoms with E-state index in [2.05, 4.69) is 20.8 Å². The van der Waals surface area contributed by atoms with Crippen LogP contribution in [0.25, 0.3) is 0 Å². The number of esters is 1. The molecule has 0 aliphatic carbocycles. The van der Waals surface area contributed by atoms with Crippen LogP contribution in [0, 0.1) is 0 Å². The van der Waals surface area contributed by atoms with Crippen molar-refractivity contribution in [3.8, 4) is 0 Å². The number of ether oxygens (including phenoxy) is 1. The number of tetrazole rings is 1. The molecule has 0 aliphatic heterocycles. The van der Waals surface area contributed by atoms with E-state index in [4.69, 9.17) is 4.74 Å². The zero-order valence-electron chi connectivity index (χ0n) is 13.0. The van der Waals surface area contributed by atoms with Crippen molar-refractivity contribution in [2.24, 2.45) is 0 Å². The van der Waals surface area contributed by atoms with Crippen LogP contribution in [0.2, 0.25) is 0 Å². The lowest BCUT2D eigenvalue weighted by atomic mass is 10.1. The molecule has 0 unspecified atom stereocenters. The van der Waals surface area contributed by atoms with Crippen LogP contribution in [-0.4, -0.2) is 44.7 Å². The molecule has 0 bridgehead atoms. The molecule has 0 fully saturated rings. The minimum atomic E-state index is -0.878. The van der Waals surface area contributed by atoms with E-state index < -0.39 is 18.1 Å². The summed E-state index contributed by atoms with van der Waals surface area (Å²) in [5.41, 5.74) is 0.940. The highest BCUT2D eigenvalue weighted by molar-refractivity contribution is 5.84. The summed E-state index contributed by atoms with van der Waals surface area (Å²) in [6.07, 6.45) is 0.843. The predicted octanol–water partition coefficient (Wildman–Crippen LogP) is 0.525. The third-order valence-corrected chi connectivity index (χ3v) is 3.24. The number of amides is 1. The number of nitrogens with zero attached hydrogens (tertiary/aromatic N) is 4. The van der Waals surface area contributed by atoms with E-state index in [1.54, 1.807) is 6.92 Å². The van der Waals surface area contributed by atoms with E-state index in [-0.39, 0.29) is 5.91 Å². The van der Waals surface area contributed by atoms with Gasteiger partial charge in [0.05, 0.1) is 0 Å². The maximum Gasteiger partial charge on any atom is 0.332 e. The number of carbonyl (C=O) groups excluding carboxylic acids is 2. The molecule has 8 nitrogen and oxygen atoms in total. The second kappa shape index (κ2) is 8.02. The van der Waals surface area contributed by atoms with Crippen molar-refractivity contribution in [1.82, 2.24) is 25.5 Å². The molecule has 122 valence electrons. The first-order valence-electron chi connectivity index (χ1n) is 7.36. The summed E-state index contributed by atoms with van der Waals surface area (Å²) < 4.78 is 6.59. The lowest BCUT2D eigenvalue weighted by Gasteiger charge is -2.18. The highest BCUT2D eigenvalue weighted by Crippen LogP contribution is 2.15. The van der Waals surface area contributed by atoms with E-state index in [0.29, 0.717) is 13.0 Å². The first-order valence-corrected chi connectivity index (χ1v) is 7.36. The SMILES string of the molecule is CCNC(=O)[C@H](C)OC(=O)[C@@H](Cc1ccccc1)n1cnnn1. The molecule has 2 aromatic rings. The molecular formula is C15H19N5O3. The normalized spacial score (nSPS) is 13.1. The zero-order valence-corrected chi connectivity index (χ0v) is 13.0. The zero-order chi connectivity index (χ0) is 16.7. The van der Waals surface area contributed by atoms with Crippen LogP contribution < -0.4 is 5.32 Å². The Bertz CT molecular complexity index is 630. The molecule has 2 atom stereocenters. The van der Waals surface area contributed by atoms with E-state index >= 15 is 0 Å². The number of likely N-dealkylation sites (N-methyl/N-ethyl adjacent to an activating group) is 1. The number of hydrogen-bond donors (Lipinski definition) is 1. The molecule has 23 heavy (non-hydrogen) atoms. The molecule has 0 radical (unpaired) electrons. The first-order chi connectivity index (χ1) is 11.1. The van der Waals surface area contributed by atoms with Gasteiger partial charge in [0, 0.05) is 13.0 Å². The van der Waals surface area contributed by atoms with Gasteiger partial charge in [-0.3, -0.25) is 4.79 Å². The molecule has 1 aromatic carbocycles. The Balaban J connectivity index is 2.11. The first kappa shape index (κ1) is 16.6. The Hall–Kier alpha value is -2.77. The van der Waals surface area contributed by atoms with Gasteiger partial charge in [0.25, 0.3) is 5.91 Å². The number of carbonyl (C=O) groups is 2. The van der Waals surface area contributed by atoms with Gasteiger partial charge in [-0.1, -0.05) is 30.3 Å². The highest BCUT2D eigenvalue weighted by atomic mass is 16.5. The smallest absolute Gasteiger partial charge is 0.332 e.